The molecule has 0 N–H and O–H groups in total. The summed E-state index contributed by atoms with van der Waals surface area (Å²) in [5.74, 6) is -0.287. The van der Waals surface area contributed by atoms with Gasteiger partial charge in [0.15, 0.2) is 5.65 Å². The molecular weight excluding hydrogens is 277 g/mol. The monoisotopic (exact) mass is 289 g/mol. The first-order valence-corrected chi connectivity index (χ1v) is 6.86. The zero-order chi connectivity index (χ0) is 14.1. The van der Waals surface area contributed by atoms with Crippen molar-refractivity contribution < 1.29 is 4.39 Å². The number of nitrogens with zero attached hydrogens (tertiary/aromatic N) is 3. The molecule has 2 aromatic heterocycles. The molecule has 3 aromatic rings. The Morgan fingerprint density at radius 1 is 1.25 bits per heavy atom. The van der Waals surface area contributed by atoms with Gasteiger partial charge in [0, 0.05) is 17.3 Å². The van der Waals surface area contributed by atoms with E-state index in [1.165, 1.54) is 12.1 Å². The number of aromatic nitrogens is 3. The third-order valence-electron chi connectivity index (χ3n) is 3.06. The van der Waals surface area contributed by atoms with Crippen LogP contribution in [-0.4, -0.2) is 14.6 Å². The summed E-state index contributed by atoms with van der Waals surface area (Å²) in [5, 5.41) is 4.90. The van der Waals surface area contributed by atoms with Gasteiger partial charge in [-0.05, 0) is 24.6 Å². The Kier molecular flexibility index (Phi) is 3.40. The standard InChI is InChI=1S/C15H13ClFN3/c1-2-4-12-8-14(16)20-15(18-12)9-13(19-20)10-5-3-6-11(17)7-10/h3,5-9H,2,4H2,1H3. The van der Waals surface area contributed by atoms with Gasteiger partial charge in [0.1, 0.15) is 11.0 Å². The normalized spacial score (nSPS) is 11.2. The van der Waals surface area contributed by atoms with E-state index in [0.29, 0.717) is 22.1 Å². The van der Waals surface area contributed by atoms with E-state index in [9.17, 15) is 4.39 Å². The number of hydrogen-bond acceptors (Lipinski definition) is 2. The summed E-state index contributed by atoms with van der Waals surface area (Å²) in [6.45, 7) is 2.09. The number of benzene rings is 1. The first-order valence-electron chi connectivity index (χ1n) is 6.48. The van der Waals surface area contributed by atoms with E-state index in [2.05, 4.69) is 17.0 Å². The van der Waals surface area contributed by atoms with Crippen LogP contribution < -0.4 is 0 Å². The minimum atomic E-state index is -0.287. The van der Waals surface area contributed by atoms with Crippen LogP contribution in [0.5, 0.6) is 0 Å². The highest BCUT2D eigenvalue weighted by atomic mass is 35.5. The molecule has 0 saturated carbocycles. The lowest BCUT2D eigenvalue weighted by Crippen LogP contribution is -1.97. The van der Waals surface area contributed by atoms with Crippen LogP contribution in [-0.2, 0) is 6.42 Å². The van der Waals surface area contributed by atoms with Crippen LogP contribution >= 0.6 is 11.6 Å². The molecule has 102 valence electrons. The van der Waals surface area contributed by atoms with Crippen molar-refractivity contribution in [1.82, 2.24) is 14.6 Å². The molecular formula is C15H13ClFN3. The molecule has 0 aliphatic carbocycles. The van der Waals surface area contributed by atoms with Crippen LogP contribution in [0.2, 0.25) is 5.15 Å². The van der Waals surface area contributed by atoms with E-state index in [0.717, 1.165) is 18.5 Å². The summed E-state index contributed by atoms with van der Waals surface area (Å²) in [6.07, 6.45) is 1.88. The zero-order valence-electron chi connectivity index (χ0n) is 11.0. The molecule has 0 unspecified atom stereocenters. The van der Waals surface area contributed by atoms with Crippen LogP contribution in [0.3, 0.4) is 0 Å². The molecule has 0 amide bonds. The summed E-state index contributed by atoms with van der Waals surface area (Å²) >= 11 is 6.22. The van der Waals surface area contributed by atoms with Gasteiger partial charge in [0.25, 0.3) is 0 Å². The first-order chi connectivity index (χ1) is 9.67. The first kappa shape index (κ1) is 13.1. The lowest BCUT2D eigenvalue weighted by atomic mass is 10.1. The third kappa shape index (κ3) is 2.39. The topological polar surface area (TPSA) is 30.2 Å². The smallest absolute Gasteiger partial charge is 0.157 e. The van der Waals surface area contributed by atoms with Gasteiger partial charge in [-0.3, -0.25) is 0 Å². The van der Waals surface area contributed by atoms with Crippen molar-refractivity contribution >= 4 is 17.2 Å². The molecule has 3 nitrogen and oxygen atoms in total. The summed E-state index contributed by atoms with van der Waals surface area (Å²) in [6, 6.07) is 9.96. The van der Waals surface area contributed by atoms with Crippen molar-refractivity contribution in [2.24, 2.45) is 0 Å². The van der Waals surface area contributed by atoms with E-state index in [1.54, 1.807) is 10.6 Å². The number of fused-ring (bicyclic) bond motifs is 1. The molecule has 0 saturated heterocycles. The molecule has 0 fully saturated rings. The van der Waals surface area contributed by atoms with Gasteiger partial charge >= 0.3 is 0 Å². The molecule has 2 heterocycles. The second-order valence-corrected chi connectivity index (χ2v) is 5.02. The van der Waals surface area contributed by atoms with Gasteiger partial charge in [-0.2, -0.15) is 5.10 Å². The van der Waals surface area contributed by atoms with Gasteiger partial charge in [0.05, 0.1) is 5.69 Å². The average Bonchev–Trinajstić information content (AvgIpc) is 2.84. The maximum absolute atomic E-state index is 13.3. The fraction of sp³-hybridized carbons (Fsp3) is 0.200. The minimum Gasteiger partial charge on any atom is -0.233 e. The SMILES string of the molecule is CCCc1cc(Cl)n2nc(-c3cccc(F)c3)cc2n1. The van der Waals surface area contributed by atoms with Gasteiger partial charge in [-0.1, -0.05) is 37.1 Å². The Hall–Kier alpha value is -1.94. The number of aryl methyl sites for hydroxylation is 1. The van der Waals surface area contributed by atoms with Gasteiger partial charge in [-0.25, -0.2) is 13.9 Å². The molecule has 0 bridgehead atoms. The molecule has 3 rings (SSSR count). The molecule has 0 aliphatic rings. The summed E-state index contributed by atoms with van der Waals surface area (Å²) in [7, 11) is 0. The molecule has 1 aromatic carbocycles. The highest BCUT2D eigenvalue weighted by molar-refractivity contribution is 6.29. The number of hydrogen-bond donors (Lipinski definition) is 0. The maximum Gasteiger partial charge on any atom is 0.157 e. The molecule has 0 spiro atoms. The summed E-state index contributed by atoms with van der Waals surface area (Å²) in [4.78, 5) is 4.52. The molecule has 0 atom stereocenters. The van der Waals surface area contributed by atoms with Crippen LogP contribution in [0.15, 0.2) is 36.4 Å². The van der Waals surface area contributed by atoms with E-state index in [4.69, 9.17) is 11.6 Å². The number of halogens is 2. The van der Waals surface area contributed by atoms with Gasteiger partial charge in [0.2, 0.25) is 0 Å². The highest BCUT2D eigenvalue weighted by Gasteiger charge is 2.10. The lowest BCUT2D eigenvalue weighted by molar-refractivity contribution is 0.628. The molecule has 0 aliphatic heterocycles. The summed E-state index contributed by atoms with van der Waals surface area (Å²) < 4.78 is 14.8. The van der Waals surface area contributed by atoms with Crippen molar-refractivity contribution in [3.05, 3.63) is 53.1 Å². The average molecular weight is 290 g/mol. The fourth-order valence-electron chi connectivity index (χ4n) is 2.16. The molecule has 0 radical (unpaired) electrons. The highest BCUT2D eigenvalue weighted by Crippen LogP contribution is 2.22. The quantitative estimate of drug-likeness (QED) is 0.678. The molecule has 20 heavy (non-hydrogen) atoms. The molecule has 5 heteroatoms. The van der Waals surface area contributed by atoms with Gasteiger partial charge in [-0.15, -0.1) is 0 Å². The fourth-order valence-corrected chi connectivity index (χ4v) is 2.41. The van der Waals surface area contributed by atoms with Crippen molar-refractivity contribution in [3.8, 4) is 11.3 Å². The predicted molar refractivity (Wildman–Crippen MR) is 77.4 cm³/mol. The van der Waals surface area contributed by atoms with Crippen molar-refractivity contribution in [2.45, 2.75) is 19.8 Å². The van der Waals surface area contributed by atoms with E-state index < -0.39 is 0 Å². The van der Waals surface area contributed by atoms with Crippen LogP contribution in [0.25, 0.3) is 16.9 Å². The Balaban J connectivity index is 2.13. The van der Waals surface area contributed by atoms with Crippen molar-refractivity contribution in [2.75, 3.05) is 0 Å². The Morgan fingerprint density at radius 2 is 2.10 bits per heavy atom. The lowest BCUT2D eigenvalue weighted by Gasteiger charge is -2.01. The Labute approximate surface area is 121 Å². The second kappa shape index (κ2) is 5.21. The van der Waals surface area contributed by atoms with E-state index in [1.807, 2.05) is 18.2 Å². The zero-order valence-corrected chi connectivity index (χ0v) is 11.7. The largest absolute Gasteiger partial charge is 0.233 e. The van der Waals surface area contributed by atoms with Crippen molar-refractivity contribution in [1.29, 1.82) is 0 Å². The van der Waals surface area contributed by atoms with E-state index in [-0.39, 0.29) is 5.82 Å². The number of rotatable bonds is 3. The van der Waals surface area contributed by atoms with Crippen LogP contribution in [0, 0.1) is 5.82 Å². The van der Waals surface area contributed by atoms with Crippen LogP contribution in [0.1, 0.15) is 19.0 Å². The van der Waals surface area contributed by atoms with Gasteiger partial charge < -0.3 is 0 Å². The van der Waals surface area contributed by atoms with Crippen LogP contribution in [0.4, 0.5) is 4.39 Å². The minimum absolute atomic E-state index is 0.287. The Bertz CT molecular complexity index is 767. The maximum atomic E-state index is 13.3. The summed E-state index contributed by atoms with van der Waals surface area (Å²) in [5.41, 5.74) is 2.99. The van der Waals surface area contributed by atoms with E-state index >= 15 is 0 Å². The van der Waals surface area contributed by atoms with Crippen molar-refractivity contribution in [3.63, 3.8) is 0 Å². The Morgan fingerprint density at radius 3 is 2.85 bits per heavy atom. The predicted octanol–water partition coefficient (Wildman–Crippen LogP) is 4.14. The second-order valence-electron chi connectivity index (χ2n) is 4.63. The third-order valence-corrected chi connectivity index (χ3v) is 3.33.